The molecule has 0 unspecified atom stereocenters. The molecule has 0 saturated carbocycles. The molecule has 10 nitrogen and oxygen atoms in total. The van der Waals surface area contributed by atoms with E-state index in [1.165, 1.54) is 27.7 Å². The van der Waals surface area contributed by atoms with Crippen molar-refractivity contribution in [3.63, 3.8) is 0 Å². The van der Waals surface area contributed by atoms with E-state index in [9.17, 15) is 0 Å². The monoisotopic (exact) mass is 356 g/mol. The standard InChI is InChI=1S/C12H8N10S2/c1-2-4-7(5-3-1)9-17-21-8(14-16-12(21)24-9)6-23-11-13-10-15-19-20-22(10)18-11/h1-5H,6H2,(H,13,15,18,20). The predicted molar refractivity (Wildman–Crippen MR) is 86.6 cm³/mol. The molecule has 0 aliphatic heterocycles. The molecule has 0 saturated heterocycles. The maximum Gasteiger partial charge on any atom is 0.291 e. The molecular weight excluding hydrogens is 348 g/mol. The number of nitrogens with zero attached hydrogens (tertiary/aromatic N) is 9. The fourth-order valence-corrected chi connectivity index (χ4v) is 3.75. The van der Waals surface area contributed by atoms with Crippen molar-refractivity contribution in [2.75, 3.05) is 0 Å². The van der Waals surface area contributed by atoms with Gasteiger partial charge in [0.15, 0.2) is 5.82 Å². The maximum absolute atomic E-state index is 4.61. The van der Waals surface area contributed by atoms with Crippen LogP contribution in [0.2, 0.25) is 0 Å². The minimum Gasteiger partial charge on any atom is -0.186 e. The molecule has 0 radical (unpaired) electrons. The summed E-state index contributed by atoms with van der Waals surface area (Å²) in [5.74, 6) is 1.74. The lowest BCUT2D eigenvalue weighted by Gasteiger charge is -1.94. The molecule has 0 atom stereocenters. The van der Waals surface area contributed by atoms with Gasteiger partial charge in [-0.3, -0.25) is 0 Å². The molecule has 0 amide bonds. The topological polar surface area (TPSA) is 115 Å². The number of nitrogens with one attached hydrogen (secondary N) is 1. The third-order valence-corrected chi connectivity index (χ3v) is 5.04. The van der Waals surface area contributed by atoms with Gasteiger partial charge in [-0.25, -0.2) is 0 Å². The summed E-state index contributed by atoms with van der Waals surface area (Å²) < 4.78 is 3.18. The lowest BCUT2D eigenvalue weighted by molar-refractivity contribution is 0.715. The van der Waals surface area contributed by atoms with Gasteiger partial charge in [0.05, 0.1) is 5.75 Å². The molecule has 1 N–H and O–H groups in total. The van der Waals surface area contributed by atoms with Crippen molar-refractivity contribution in [2.24, 2.45) is 0 Å². The van der Waals surface area contributed by atoms with Crippen molar-refractivity contribution in [1.82, 2.24) is 50.0 Å². The van der Waals surface area contributed by atoms with Crippen molar-refractivity contribution < 1.29 is 0 Å². The molecule has 4 heterocycles. The molecule has 5 rings (SSSR count). The molecule has 1 aromatic carbocycles. The number of tetrazole rings is 1. The van der Waals surface area contributed by atoms with Gasteiger partial charge in [-0.15, -0.1) is 19.9 Å². The van der Waals surface area contributed by atoms with Crippen LogP contribution in [0.3, 0.4) is 0 Å². The van der Waals surface area contributed by atoms with Gasteiger partial charge in [0, 0.05) is 5.56 Å². The van der Waals surface area contributed by atoms with Crippen molar-refractivity contribution in [2.45, 2.75) is 10.9 Å². The molecule has 24 heavy (non-hydrogen) atoms. The second kappa shape index (κ2) is 5.35. The first kappa shape index (κ1) is 13.6. The summed E-state index contributed by atoms with van der Waals surface area (Å²) in [6, 6.07) is 10.0. The number of fused-ring (bicyclic) bond motifs is 2. The normalized spacial score (nSPS) is 11.7. The Morgan fingerprint density at radius 2 is 2.00 bits per heavy atom. The highest BCUT2D eigenvalue weighted by Crippen LogP contribution is 2.26. The van der Waals surface area contributed by atoms with E-state index in [0.717, 1.165) is 21.4 Å². The summed E-state index contributed by atoms with van der Waals surface area (Å²) in [6.45, 7) is 0. The molecule has 118 valence electrons. The summed E-state index contributed by atoms with van der Waals surface area (Å²) in [5, 5.41) is 28.7. The average molecular weight is 356 g/mol. The lowest BCUT2D eigenvalue weighted by Crippen LogP contribution is -1.95. The second-order valence-corrected chi connectivity index (χ2v) is 6.68. The van der Waals surface area contributed by atoms with Gasteiger partial charge in [0.25, 0.3) is 5.78 Å². The van der Waals surface area contributed by atoms with Gasteiger partial charge in [-0.2, -0.15) is 19.8 Å². The van der Waals surface area contributed by atoms with Crippen LogP contribution in [-0.4, -0.2) is 50.0 Å². The summed E-state index contributed by atoms with van der Waals surface area (Å²) in [5.41, 5.74) is 1.07. The maximum atomic E-state index is 4.61. The van der Waals surface area contributed by atoms with Crippen LogP contribution in [0.25, 0.3) is 21.3 Å². The van der Waals surface area contributed by atoms with Gasteiger partial charge >= 0.3 is 0 Å². The first-order valence-electron chi connectivity index (χ1n) is 6.90. The molecular formula is C12H8N10S2. The van der Waals surface area contributed by atoms with Crippen LogP contribution >= 0.6 is 23.1 Å². The smallest absolute Gasteiger partial charge is 0.186 e. The first-order valence-corrected chi connectivity index (χ1v) is 8.70. The van der Waals surface area contributed by atoms with Gasteiger partial charge in [-0.1, -0.05) is 58.5 Å². The Morgan fingerprint density at radius 3 is 2.88 bits per heavy atom. The van der Waals surface area contributed by atoms with E-state index in [1.54, 1.807) is 4.52 Å². The zero-order valence-electron chi connectivity index (χ0n) is 11.9. The zero-order chi connectivity index (χ0) is 15.9. The number of thioether (sulfide) groups is 1. The zero-order valence-corrected chi connectivity index (χ0v) is 13.6. The number of aromatic amines is 1. The Labute approximate surface area is 141 Å². The van der Waals surface area contributed by atoms with Gasteiger partial charge < -0.3 is 0 Å². The second-order valence-electron chi connectivity index (χ2n) is 4.78. The Morgan fingerprint density at radius 1 is 1.08 bits per heavy atom. The summed E-state index contributed by atoms with van der Waals surface area (Å²) in [7, 11) is 0. The van der Waals surface area contributed by atoms with Crippen molar-refractivity contribution in [3.8, 4) is 10.6 Å². The van der Waals surface area contributed by atoms with Crippen molar-refractivity contribution >= 4 is 33.8 Å². The fraction of sp³-hybridized carbons (Fsp3) is 0.0833. The molecule has 0 bridgehead atoms. The van der Waals surface area contributed by atoms with E-state index < -0.39 is 0 Å². The van der Waals surface area contributed by atoms with Crippen molar-refractivity contribution in [3.05, 3.63) is 36.2 Å². The largest absolute Gasteiger partial charge is 0.291 e. The molecule has 0 spiro atoms. The third-order valence-electron chi connectivity index (χ3n) is 3.26. The van der Waals surface area contributed by atoms with Crippen LogP contribution in [0.1, 0.15) is 5.82 Å². The lowest BCUT2D eigenvalue weighted by atomic mass is 10.2. The molecule has 12 heteroatoms. The minimum absolute atomic E-state index is 0.434. The number of benzene rings is 1. The molecule has 0 aliphatic rings. The Bertz CT molecular complexity index is 1090. The van der Waals surface area contributed by atoms with Gasteiger partial charge in [-0.05, 0) is 5.21 Å². The van der Waals surface area contributed by atoms with Crippen LogP contribution in [0.5, 0.6) is 0 Å². The SMILES string of the molecule is c1ccc(-c2nn3c(CSc4nc5nn[nH]n5n4)nnc3s2)cc1. The summed E-state index contributed by atoms with van der Waals surface area (Å²) >= 11 is 2.95. The fourth-order valence-electron chi connectivity index (χ4n) is 2.16. The summed E-state index contributed by atoms with van der Waals surface area (Å²) in [4.78, 5) is 5.00. The van der Waals surface area contributed by atoms with E-state index in [4.69, 9.17) is 0 Å². The number of hydrogen-bond donors (Lipinski definition) is 1. The highest BCUT2D eigenvalue weighted by atomic mass is 32.2. The summed E-state index contributed by atoms with van der Waals surface area (Å²) in [6.07, 6.45) is 0. The van der Waals surface area contributed by atoms with Crippen LogP contribution < -0.4 is 0 Å². The number of aromatic nitrogens is 10. The average Bonchev–Trinajstić information content (AvgIpc) is 3.34. The highest BCUT2D eigenvalue weighted by Gasteiger charge is 2.14. The van der Waals surface area contributed by atoms with E-state index in [0.29, 0.717) is 16.7 Å². The molecule has 0 aliphatic carbocycles. The highest BCUT2D eigenvalue weighted by molar-refractivity contribution is 7.98. The van der Waals surface area contributed by atoms with Gasteiger partial charge in [0.1, 0.15) is 5.01 Å². The number of hydrogen-bond acceptors (Lipinski definition) is 9. The Hall–Kier alpha value is -2.86. The molecule has 4 aromatic heterocycles. The molecule has 0 fully saturated rings. The quantitative estimate of drug-likeness (QED) is 0.479. The van der Waals surface area contributed by atoms with Crippen LogP contribution in [0.4, 0.5) is 0 Å². The van der Waals surface area contributed by atoms with E-state index in [2.05, 4.69) is 40.9 Å². The van der Waals surface area contributed by atoms with Crippen LogP contribution in [0.15, 0.2) is 35.5 Å². The van der Waals surface area contributed by atoms with E-state index in [1.807, 2.05) is 30.3 Å². The van der Waals surface area contributed by atoms with E-state index >= 15 is 0 Å². The first-order chi connectivity index (χ1) is 11.9. The van der Waals surface area contributed by atoms with Crippen LogP contribution in [0, 0.1) is 0 Å². The van der Waals surface area contributed by atoms with Crippen LogP contribution in [-0.2, 0) is 5.75 Å². The van der Waals surface area contributed by atoms with E-state index in [-0.39, 0.29) is 0 Å². The third kappa shape index (κ3) is 2.23. The minimum atomic E-state index is 0.434. The Balaban J connectivity index is 1.42. The number of H-pyrrole nitrogens is 1. The Kier molecular flexibility index (Phi) is 3.02. The van der Waals surface area contributed by atoms with Crippen molar-refractivity contribution in [1.29, 1.82) is 0 Å². The van der Waals surface area contributed by atoms with Gasteiger partial charge in [0.2, 0.25) is 10.1 Å². The number of rotatable bonds is 4. The molecule has 5 aromatic rings. The predicted octanol–water partition coefficient (Wildman–Crippen LogP) is 1.31.